The van der Waals surface area contributed by atoms with E-state index in [-0.39, 0.29) is 0 Å². The van der Waals surface area contributed by atoms with Crippen molar-refractivity contribution in [2.24, 2.45) is 5.92 Å². The van der Waals surface area contributed by atoms with Gasteiger partial charge in [-0.2, -0.15) is 0 Å². The van der Waals surface area contributed by atoms with Crippen molar-refractivity contribution in [3.63, 3.8) is 0 Å². The van der Waals surface area contributed by atoms with Crippen LogP contribution < -0.4 is 0 Å². The molecule has 0 nitrogen and oxygen atoms in total. The van der Waals surface area contributed by atoms with Crippen molar-refractivity contribution in [2.75, 3.05) is 0 Å². The molecule has 0 fully saturated rings. The van der Waals surface area contributed by atoms with Gasteiger partial charge in [0.15, 0.2) is 0 Å². The van der Waals surface area contributed by atoms with Gasteiger partial charge in [0.1, 0.15) is 0 Å². The van der Waals surface area contributed by atoms with Crippen molar-refractivity contribution in [2.45, 2.75) is 66.2 Å². The quantitative estimate of drug-likeness (QED) is 0.258. The molecule has 0 heterocycles. The Morgan fingerprint density at radius 1 is 1.00 bits per heavy atom. The Bertz CT molecular complexity index is 243. The lowest BCUT2D eigenvalue weighted by atomic mass is 9.92. The number of allylic oxidation sites excluding steroid dienone is 6. The Labute approximate surface area is 109 Å². The summed E-state index contributed by atoms with van der Waals surface area (Å²) in [6, 6.07) is 0. The average molecular weight is 234 g/mol. The fourth-order valence-electron chi connectivity index (χ4n) is 2.12. The van der Waals surface area contributed by atoms with Crippen LogP contribution in [0.25, 0.3) is 0 Å². The molecule has 0 aliphatic carbocycles. The van der Waals surface area contributed by atoms with E-state index in [1.807, 2.05) is 0 Å². The maximum Gasteiger partial charge on any atom is 0.00144 e. The van der Waals surface area contributed by atoms with Crippen molar-refractivity contribution >= 4 is 0 Å². The summed E-state index contributed by atoms with van der Waals surface area (Å²) < 4.78 is 0. The van der Waals surface area contributed by atoms with Gasteiger partial charge in [-0.05, 0) is 38.7 Å². The molecular formula is C17H30. The molecule has 0 aliphatic rings. The number of hydrogen-bond acceptors (Lipinski definition) is 0. The van der Waals surface area contributed by atoms with Crippen LogP contribution in [0.3, 0.4) is 0 Å². The first-order valence-corrected chi connectivity index (χ1v) is 7.25. The fraction of sp³-hybridized carbons (Fsp3) is 0.647. The summed E-state index contributed by atoms with van der Waals surface area (Å²) >= 11 is 0. The van der Waals surface area contributed by atoms with Crippen molar-refractivity contribution in [3.05, 3.63) is 36.0 Å². The molecule has 98 valence electrons. The lowest BCUT2D eigenvalue weighted by Crippen LogP contribution is -1.99. The van der Waals surface area contributed by atoms with Crippen LogP contribution in [0.15, 0.2) is 36.0 Å². The van der Waals surface area contributed by atoms with Gasteiger partial charge in [0.2, 0.25) is 0 Å². The number of unbranched alkanes of at least 4 members (excludes halogenated alkanes) is 3. The van der Waals surface area contributed by atoms with Crippen molar-refractivity contribution < 1.29 is 0 Å². The Hall–Kier alpha value is -0.780. The van der Waals surface area contributed by atoms with E-state index < -0.39 is 0 Å². The number of rotatable bonds is 9. The summed E-state index contributed by atoms with van der Waals surface area (Å²) in [5.41, 5.74) is 1.50. The fourth-order valence-corrected chi connectivity index (χ4v) is 2.12. The molecule has 17 heavy (non-hydrogen) atoms. The summed E-state index contributed by atoms with van der Waals surface area (Å²) in [4.78, 5) is 0. The maximum atomic E-state index is 2.44. The zero-order chi connectivity index (χ0) is 12.9. The highest BCUT2D eigenvalue weighted by Crippen LogP contribution is 2.21. The van der Waals surface area contributed by atoms with Crippen LogP contribution in [-0.4, -0.2) is 0 Å². The molecule has 1 unspecified atom stereocenters. The Morgan fingerprint density at radius 3 is 2.29 bits per heavy atom. The van der Waals surface area contributed by atoms with Crippen LogP contribution in [0.2, 0.25) is 0 Å². The molecule has 0 amide bonds. The molecule has 0 aliphatic heterocycles. The molecule has 0 N–H and O–H groups in total. The molecule has 0 bridgehead atoms. The predicted molar refractivity (Wildman–Crippen MR) is 80.3 cm³/mol. The molecule has 0 spiro atoms. The van der Waals surface area contributed by atoms with Crippen LogP contribution in [-0.2, 0) is 0 Å². The summed E-state index contributed by atoms with van der Waals surface area (Å²) in [5.74, 6) is 0.614. The van der Waals surface area contributed by atoms with E-state index in [4.69, 9.17) is 0 Å². The van der Waals surface area contributed by atoms with E-state index in [9.17, 15) is 0 Å². The van der Waals surface area contributed by atoms with Crippen LogP contribution in [0.4, 0.5) is 0 Å². The minimum atomic E-state index is 0.614. The second-order valence-electron chi connectivity index (χ2n) is 4.62. The van der Waals surface area contributed by atoms with Crippen molar-refractivity contribution in [1.82, 2.24) is 0 Å². The molecule has 0 aromatic heterocycles. The molecule has 0 saturated heterocycles. The second-order valence-corrected chi connectivity index (χ2v) is 4.62. The van der Waals surface area contributed by atoms with Gasteiger partial charge in [-0.15, -0.1) is 0 Å². The van der Waals surface area contributed by atoms with Gasteiger partial charge >= 0.3 is 0 Å². The molecule has 0 saturated carbocycles. The first kappa shape index (κ1) is 16.2. The normalized spacial score (nSPS) is 14.9. The zero-order valence-corrected chi connectivity index (χ0v) is 12.2. The largest absolute Gasteiger partial charge is 0.0910 e. The first-order chi connectivity index (χ1) is 8.29. The van der Waals surface area contributed by atoms with Gasteiger partial charge in [-0.1, -0.05) is 63.5 Å². The van der Waals surface area contributed by atoms with E-state index in [0.29, 0.717) is 5.92 Å². The first-order valence-electron chi connectivity index (χ1n) is 7.25. The third-order valence-corrected chi connectivity index (χ3v) is 3.00. The molecule has 0 radical (unpaired) electrons. The van der Waals surface area contributed by atoms with Gasteiger partial charge in [0.25, 0.3) is 0 Å². The lowest BCUT2D eigenvalue weighted by molar-refractivity contribution is 0.660. The van der Waals surface area contributed by atoms with Crippen LogP contribution in [0.1, 0.15) is 66.2 Å². The Balaban J connectivity index is 4.53. The topological polar surface area (TPSA) is 0 Å². The lowest BCUT2D eigenvalue weighted by Gasteiger charge is -2.13. The van der Waals surface area contributed by atoms with Crippen LogP contribution in [0.5, 0.6) is 0 Å². The van der Waals surface area contributed by atoms with Gasteiger partial charge in [-0.3, -0.25) is 0 Å². The Morgan fingerprint density at radius 2 is 1.76 bits per heavy atom. The highest BCUT2D eigenvalue weighted by molar-refractivity contribution is 5.25. The molecular weight excluding hydrogens is 204 g/mol. The molecule has 1 atom stereocenters. The predicted octanol–water partition coefficient (Wildman–Crippen LogP) is 6.06. The van der Waals surface area contributed by atoms with Gasteiger partial charge in [-0.25, -0.2) is 0 Å². The summed E-state index contributed by atoms with van der Waals surface area (Å²) in [6.45, 7) is 8.75. The van der Waals surface area contributed by atoms with Gasteiger partial charge < -0.3 is 0 Å². The molecule has 0 heteroatoms. The highest BCUT2D eigenvalue weighted by atomic mass is 14.1. The standard InChI is InChI=1S/C17H30/c1-5-9-10-11-15-17(14-8-4)16(12-6-2)13-7-3/h6,8,12,14-16H,5,7,9-11,13H2,1-4H3/b12-6+,14-8+,17-15-. The van der Waals surface area contributed by atoms with Crippen molar-refractivity contribution in [3.8, 4) is 0 Å². The van der Waals surface area contributed by atoms with E-state index >= 15 is 0 Å². The maximum absolute atomic E-state index is 2.44. The van der Waals surface area contributed by atoms with E-state index in [1.54, 1.807) is 0 Å². The van der Waals surface area contributed by atoms with E-state index in [1.165, 1.54) is 44.1 Å². The van der Waals surface area contributed by atoms with Crippen LogP contribution >= 0.6 is 0 Å². The second kappa shape index (κ2) is 11.7. The van der Waals surface area contributed by atoms with Gasteiger partial charge in [0, 0.05) is 5.92 Å². The number of hydrogen-bond donors (Lipinski definition) is 0. The smallest absolute Gasteiger partial charge is 0.00144 e. The molecule has 0 aromatic carbocycles. The minimum Gasteiger partial charge on any atom is -0.0910 e. The van der Waals surface area contributed by atoms with Crippen LogP contribution in [0, 0.1) is 5.92 Å². The monoisotopic (exact) mass is 234 g/mol. The molecule has 0 rings (SSSR count). The summed E-state index contributed by atoms with van der Waals surface area (Å²) in [5, 5.41) is 0. The average Bonchev–Trinajstić information content (AvgIpc) is 2.33. The van der Waals surface area contributed by atoms with Gasteiger partial charge in [0.05, 0.1) is 0 Å². The SMILES string of the molecule is C/C=C/C(=C/CCCCC)C(/C=C/C)CCC. The molecule has 0 aromatic rings. The van der Waals surface area contributed by atoms with E-state index in [0.717, 1.165) is 0 Å². The summed E-state index contributed by atoms with van der Waals surface area (Å²) in [7, 11) is 0. The zero-order valence-electron chi connectivity index (χ0n) is 12.2. The summed E-state index contributed by atoms with van der Waals surface area (Å²) in [6.07, 6.45) is 19.1. The van der Waals surface area contributed by atoms with Crippen molar-refractivity contribution in [1.29, 1.82) is 0 Å². The van der Waals surface area contributed by atoms with E-state index in [2.05, 4.69) is 58.1 Å². The third-order valence-electron chi connectivity index (χ3n) is 3.00. The minimum absolute atomic E-state index is 0.614. The third kappa shape index (κ3) is 8.01. The Kier molecular flexibility index (Phi) is 11.2. The highest BCUT2D eigenvalue weighted by Gasteiger charge is 2.06.